The van der Waals surface area contributed by atoms with Crippen molar-refractivity contribution in [1.29, 1.82) is 0 Å². The van der Waals surface area contributed by atoms with Crippen molar-refractivity contribution in [2.75, 3.05) is 18.4 Å². The Hall–Kier alpha value is -2.99. The second-order valence-corrected chi connectivity index (χ2v) is 11.9. The van der Waals surface area contributed by atoms with Crippen molar-refractivity contribution in [2.24, 2.45) is 23.2 Å². The molecule has 186 valence electrons. The van der Waals surface area contributed by atoms with Crippen LogP contribution in [0.2, 0.25) is 0 Å². The molecular weight excluding hydrogens is 448 g/mol. The SMILES string of the molecule is O=C(c1ccc2ccccc2c1)N1CCc2c(ncnc2NCC(O)C23CC4CC(CC(C4)C2)C3)C1. The Balaban J connectivity index is 1.05. The van der Waals surface area contributed by atoms with E-state index in [0.717, 1.165) is 45.6 Å². The normalized spacial score (nSPS) is 29.2. The largest absolute Gasteiger partial charge is 0.391 e. The summed E-state index contributed by atoms with van der Waals surface area (Å²) in [5.74, 6) is 3.33. The number of hydrogen-bond donors (Lipinski definition) is 2. The standard InChI is InChI=1S/C30H34N4O2/c35-27(30-13-19-9-20(14-30)11-21(10-19)15-30)16-31-28-25-7-8-34(17-26(25)32-18-33-28)29(36)24-6-5-22-3-1-2-4-23(22)12-24/h1-6,12,18-21,27,35H,7-11,13-17H2,(H,31,32,33). The minimum Gasteiger partial charge on any atom is -0.391 e. The number of aliphatic hydroxyl groups is 1. The second kappa shape index (κ2) is 8.55. The molecule has 6 nitrogen and oxygen atoms in total. The number of aromatic nitrogens is 2. The lowest BCUT2D eigenvalue weighted by atomic mass is 9.48. The summed E-state index contributed by atoms with van der Waals surface area (Å²) >= 11 is 0. The topological polar surface area (TPSA) is 78.4 Å². The summed E-state index contributed by atoms with van der Waals surface area (Å²) < 4.78 is 0. The number of hydrogen-bond acceptors (Lipinski definition) is 5. The van der Waals surface area contributed by atoms with Gasteiger partial charge in [-0.2, -0.15) is 0 Å². The number of nitrogens with one attached hydrogen (secondary N) is 1. The predicted octanol–water partition coefficient (Wildman–Crippen LogP) is 4.82. The molecule has 0 radical (unpaired) electrons. The number of aliphatic hydroxyl groups excluding tert-OH is 1. The van der Waals surface area contributed by atoms with Crippen molar-refractivity contribution in [3.05, 3.63) is 65.6 Å². The van der Waals surface area contributed by atoms with Crippen LogP contribution in [-0.4, -0.2) is 45.1 Å². The van der Waals surface area contributed by atoms with Crippen LogP contribution in [-0.2, 0) is 13.0 Å². The lowest BCUT2D eigenvalue weighted by Gasteiger charge is -2.58. The minimum absolute atomic E-state index is 0.0387. The molecule has 2 aromatic carbocycles. The van der Waals surface area contributed by atoms with E-state index in [2.05, 4.69) is 21.4 Å². The number of anilines is 1. The number of benzene rings is 2. The van der Waals surface area contributed by atoms with Gasteiger partial charge in [0.15, 0.2) is 0 Å². The highest BCUT2D eigenvalue weighted by Crippen LogP contribution is 2.61. The Morgan fingerprint density at radius 1 is 1.03 bits per heavy atom. The summed E-state index contributed by atoms with van der Waals surface area (Å²) in [4.78, 5) is 24.2. The molecule has 0 saturated heterocycles. The van der Waals surface area contributed by atoms with E-state index in [1.54, 1.807) is 6.33 Å². The van der Waals surface area contributed by atoms with Gasteiger partial charge < -0.3 is 15.3 Å². The van der Waals surface area contributed by atoms with Crippen LogP contribution in [0.3, 0.4) is 0 Å². The lowest BCUT2D eigenvalue weighted by Crippen LogP contribution is -2.53. The maximum atomic E-state index is 13.3. The van der Waals surface area contributed by atoms with Crippen molar-refractivity contribution >= 4 is 22.5 Å². The molecule has 4 fully saturated rings. The number of carbonyl (C=O) groups excluding carboxylic acids is 1. The quantitative estimate of drug-likeness (QED) is 0.545. The first-order valence-electron chi connectivity index (χ1n) is 13.6. The van der Waals surface area contributed by atoms with Crippen molar-refractivity contribution in [3.8, 4) is 0 Å². The fourth-order valence-electron chi connectivity index (χ4n) is 8.18. The third-order valence-corrected chi connectivity index (χ3v) is 9.55. The molecule has 1 aliphatic heterocycles. The third-order valence-electron chi connectivity index (χ3n) is 9.55. The average molecular weight is 483 g/mol. The maximum absolute atomic E-state index is 13.3. The highest BCUT2D eigenvalue weighted by Gasteiger charge is 2.53. The van der Waals surface area contributed by atoms with Gasteiger partial charge in [0.1, 0.15) is 12.1 Å². The molecule has 36 heavy (non-hydrogen) atoms. The van der Waals surface area contributed by atoms with Crippen LogP contribution in [0.15, 0.2) is 48.8 Å². The highest BCUT2D eigenvalue weighted by molar-refractivity contribution is 5.98. The van der Waals surface area contributed by atoms with E-state index in [-0.39, 0.29) is 17.4 Å². The van der Waals surface area contributed by atoms with Gasteiger partial charge in [0.2, 0.25) is 0 Å². The molecule has 3 aromatic rings. The summed E-state index contributed by atoms with van der Waals surface area (Å²) in [6.45, 7) is 1.66. The van der Waals surface area contributed by atoms with E-state index < -0.39 is 0 Å². The van der Waals surface area contributed by atoms with Gasteiger partial charge in [-0.3, -0.25) is 4.79 Å². The first-order chi connectivity index (χ1) is 17.6. The second-order valence-electron chi connectivity index (χ2n) is 11.9. The van der Waals surface area contributed by atoms with Crippen LogP contribution < -0.4 is 5.32 Å². The van der Waals surface area contributed by atoms with E-state index in [1.165, 1.54) is 38.5 Å². The number of fused-ring (bicyclic) bond motifs is 2. The first-order valence-corrected chi connectivity index (χ1v) is 13.6. The summed E-state index contributed by atoms with van der Waals surface area (Å²) in [5, 5.41) is 17.0. The number of carbonyl (C=O) groups is 1. The Bertz CT molecular complexity index is 1290. The Labute approximate surface area is 212 Å². The molecular formula is C30H34N4O2. The maximum Gasteiger partial charge on any atom is 0.254 e. The molecule has 1 amide bonds. The molecule has 1 atom stereocenters. The molecule has 0 spiro atoms. The minimum atomic E-state index is -0.342. The Morgan fingerprint density at radius 3 is 2.50 bits per heavy atom. The highest BCUT2D eigenvalue weighted by atomic mass is 16.3. The number of amides is 1. The van der Waals surface area contributed by atoms with Gasteiger partial charge in [-0.1, -0.05) is 30.3 Å². The van der Waals surface area contributed by atoms with Crippen LogP contribution in [0.4, 0.5) is 5.82 Å². The van der Waals surface area contributed by atoms with Crippen LogP contribution >= 0.6 is 0 Å². The zero-order chi connectivity index (χ0) is 24.3. The van der Waals surface area contributed by atoms with Gasteiger partial charge in [0, 0.05) is 24.2 Å². The van der Waals surface area contributed by atoms with Gasteiger partial charge in [0.05, 0.1) is 18.3 Å². The molecule has 1 unspecified atom stereocenters. The smallest absolute Gasteiger partial charge is 0.254 e. The summed E-state index contributed by atoms with van der Waals surface area (Å²) in [6.07, 6.45) is 9.67. The Morgan fingerprint density at radius 2 is 1.75 bits per heavy atom. The van der Waals surface area contributed by atoms with Crippen LogP contribution in [0.5, 0.6) is 0 Å². The Kier molecular flexibility index (Phi) is 5.28. The van der Waals surface area contributed by atoms with E-state index >= 15 is 0 Å². The molecule has 5 aliphatic rings. The van der Waals surface area contributed by atoms with Crippen molar-refractivity contribution < 1.29 is 9.90 Å². The van der Waals surface area contributed by atoms with Crippen molar-refractivity contribution in [3.63, 3.8) is 0 Å². The number of nitrogens with zero attached hydrogens (tertiary/aromatic N) is 3. The summed E-state index contributed by atoms with van der Waals surface area (Å²) in [7, 11) is 0. The van der Waals surface area contributed by atoms with Gasteiger partial charge in [-0.05, 0) is 91.0 Å². The lowest BCUT2D eigenvalue weighted by molar-refractivity contribution is -0.115. The predicted molar refractivity (Wildman–Crippen MR) is 140 cm³/mol. The molecule has 2 heterocycles. The summed E-state index contributed by atoms with van der Waals surface area (Å²) in [5.41, 5.74) is 2.79. The molecule has 6 heteroatoms. The zero-order valence-electron chi connectivity index (χ0n) is 20.7. The number of rotatable bonds is 5. The van der Waals surface area contributed by atoms with E-state index in [4.69, 9.17) is 0 Å². The summed E-state index contributed by atoms with van der Waals surface area (Å²) in [6, 6.07) is 14.0. The first kappa shape index (κ1) is 22.2. The molecule has 4 bridgehead atoms. The van der Waals surface area contributed by atoms with Crippen LogP contribution in [0.1, 0.15) is 60.1 Å². The zero-order valence-corrected chi connectivity index (χ0v) is 20.7. The van der Waals surface area contributed by atoms with Crippen LogP contribution in [0, 0.1) is 23.2 Å². The van der Waals surface area contributed by atoms with Gasteiger partial charge >= 0.3 is 0 Å². The fraction of sp³-hybridized carbons (Fsp3) is 0.500. The van der Waals surface area contributed by atoms with E-state index in [9.17, 15) is 9.90 Å². The van der Waals surface area contributed by atoms with E-state index in [1.807, 2.05) is 41.3 Å². The molecule has 4 saturated carbocycles. The van der Waals surface area contributed by atoms with E-state index in [0.29, 0.717) is 31.6 Å². The van der Waals surface area contributed by atoms with Crippen molar-refractivity contribution in [2.45, 2.75) is 57.6 Å². The van der Waals surface area contributed by atoms with Crippen LogP contribution in [0.25, 0.3) is 10.8 Å². The molecule has 2 N–H and O–H groups in total. The molecule has 8 rings (SSSR count). The molecule has 1 aromatic heterocycles. The van der Waals surface area contributed by atoms with Gasteiger partial charge in [-0.25, -0.2) is 9.97 Å². The van der Waals surface area contributed by atoms with Crippen molar-refractivity contribution in [1.82, 2.24) is 14.9 Å². The monoisotopic (exact) mass is 482 g/mol. The average Bonchev–Trinajstić information content (AvgIpc) is 2.90. The van der Waals surface area contributed by atoms with Gasteiger partial charge in [-0.15, -0.1) is 0 Å². The fourth-order valence-corrected chi connectivity index (χ4v) is 8.18. The van der Waals surface area contributed by atoms with Gasteiger partial charge in [0.25, 0.3) is 5.91 Å². The molecule has 4 aliphatic carbocycles. The third kappa shape index (κ3) is 3.78.